The van der Waals surface area contributed by atoms with E-state index >= 15 is 0 Å². The molecule has 1 atom stereocenters. The fourth-order valence-corrected chi connectivity index (χ4v) is 4.63. The first-order valence-corrected chi connectivity index (χ1v) is 14.4. The Hall–Kier alpha value is -3.00. The SMILES string of the molecule is C=C(CC/C(C)=N/N=C(\C)C(=O)NC1CC(=O)N(C/C=C\C/C(=C\C(C)C)CN2CCCCC2)C1)O/C=C\C. The fourth-order valence-electron chi connectivity index (χ4n) is 4.63. The summed E-state index contributed by atoms with van der Waals surface area (Å²) < 4.78 is 5.31. The first-order chi connectivity index (χ1) is 18.7. The Bertz CT molecular complexity index is 971. The number of hydrogen-bond acceptors (Lipinski definition) is 6. The van der Waals surface area contributed by atoms with E-state index in [9.17, 15) is 9.59 Å². The van der Waals surface area contributed by atoms with Crippen molar-refractivity contribution in [2.24, 2.45) is 16.1 Å². The third-order valence-corrected chi connectivity index (χ3v) is 6.70. The number of rotatable bonds is 15. The Morgan fingerprint density at radius 3 is 2.59 bits per heavy atom. The first kappa shape index (κ1) is 32.2. The van der Waals surface area contributed by atoms with Crippen LogP contribution in [0.2, 0.25) is 0 Å². The van der Waals surface area contributed by atoms with Crippen LogP contribution < -0.4 is 5.32 Å². The fraction of sp³-hybridized carbons (Fsp3) is 0.613. The summed E-state index contributed by atoms with van der Waals surface area (Å²) in [5, 5.41) is 11.2. The van der Waals surface area contributed by atoms with Crippen LogP contribution in [0.3, 0.4) is 0 Å². The number of nitrogens with zero attached hydrogens (tertiary/aromatic N) is 4. The van der Waals surface area contributed by atoms with E-state index in [1.54, 1.807) is 24.2 Å². The highest BCUT2D eigenvalue weighted by Crippen LogP contribution is 2.16. The van der Waals surface area contributed by atoms with Crippen LogP contribution in [-0.2, 0) is 14.3 Å². The zero-order valence-electron chi connectivity index (χ0n) is 24.7. The molecule has 1 N–H and O–H groups in total. The molecule has 8 nitrogen and oxygen atoms in total. The lowest BCUT2D eigenvalue weighted by Crippen LogP contribution is -2.40. The van der Waals surface area contributed by atoms with Gasteiger partial charge in [-0.1, -0.05) is 56.7 Å². The molecule has 2 rings (SSSR count). The van der Waals surface area contributed by atoms with Gasteiger partial charge in [-0.2, -0.15) is 10.2 Å². The lowest BCUT2D eigenvalue weighted by atomic mass is 10.0. The molecule has 8 heteroatoms. The van der Waals surface area contributed by atoms with E-state index in [-0.39, 0.29) is 23.6 Å². The quantitative estimate of drug-likeness (QED) is 0.131. The number of amides is 2. The number of piperidine rings is 1. The molecule has 0 aromatic rings. The van der Waals surface area contributed by atoms with Gasteiger partial charge in [0.25, 0.3) is 5.91 Å². The van der Waals surface area contributed by atoms with Crippen LogP contribution in [0.15, 0.2) is 58.7 Å². The predicted octanol–water partition coefficient (Wildman–Crippen LogP) is 5.40. The molecule has 2 aliphatic heterocycles. The summed E-state index contributed by atoms with van der Waals surface area (Å²) in [5.74, 6) is 0.923. The second-order valence-electron chi connectivity index (χ2n) is 10.9. The van der Waals surface area contributed by atoms with Gasteiger partial charge in [0, 0.05) is 38.2 Å². The molecule has 0 spiro atoms. The molecule has 2 heterocycles. The van der Waals surface area contributed by atoms with Gasteiger partial charge < -0.3 is 15.0 Å². The van der Waals surface area contributed by atoms with E-state index in [4.69, 9.17) is 4.74 Å². The largest absolute Gasteiger partial charge is 0.470 e. The molecule has 39 heavy (non-hydrogen) atoms. The van der Waals surface area contributed by atoms with Crippen molar-refractivity contribution in [3.63, 3.8) is 0 Å². The average Bonchev–Trinajstić information content (AvgIpc) is 3.25. The topological polar surface area (TPSA) is 86.6 Å². The Kier molecular flexibility index (Phi) is 14.5. The number of nitrogens with one attached hydrogen (secondary N) is 1. The third kappa shape index (κ3) is 13.1. The first-order valence-electron chi connectivity index (χ1n) is 14.4. The molecule has 2 aliphatic rings. The van der Waals surface area contributed by atoms with Crippen molar-refractivity contribution in [2.75, 3.05) is 32.7 Å². The minimum Gasteiger partial charge on any atom is -0.470 e. The van der Waals surface area contributed by atoms with E-state index in [1.807, 2.05) is 13.8 Å². The van der Waals surface area contributed by atoms with Crippen molar-refractivity contribution in [1.82, 2.24) is 15.1 Å². The molecule has 0 radical (unpaired) electrons. The summed E-state index contributed by atoms with van der Waals surface area (Å²) >= 11 is 0. The van der Waals surface area contributed by atoms with Gasteiger partial charge in [-0.15, -0.1) is 0 Å². The Morgan fingerprint density at radius 2 is 1.90 bits per heavy atom. The van der Waals surface area contributed by atoms with Crippen molar-refractivity contribution in [3.05, 3.63) is 48.5 Å². The smallest absolute Gasteiger partial charge is 0.267 e. The minimum atomic E-state index is -0.302. The molecule has 0 aliphatic carbocycles. The van der Waals surface area contributed by atoms with E-state index in [0.29, 0.717) is 44.0 Å². The number of likely N-dealkylation sites (tertiary alicyclic amines) is 2. The van der Waals surface area contributed by atoms with Gasteiger partial charge in [-0.25, -0.2) is 0 Å². The van der Waals surface area contributed by atoms with E-state index in [0.717, 1.165) is 18.7 Å². The van der Waals surface area contributed by atoms with Crippen molar-refractivity contribution < 1.29 is 14.3 Å². The third-order valence-electron chi connectivity index (χ3n) is 6.70. The second kappa shape index (κ2) is 17.6. The van der Waals surface area contributed by atoms with Crippen LogP contribution in [0.1, 0.15) is 79.6 Å². The van der Waals surface area contributed by atoms with Crippen LogP contribution >= 0.6 is 0 Å². The predicted molar refractivity (Wildman–Crippen MR) is 161 cm³/mol. The minimum absolute atomic E-state index is 0.0556. The number of carbonyl (C=O) groups is 2. The van der Waals surface area contributed by atoms with Crippen molar-refractivity contribution >= 4 is 23.2 Å². The number of hydrogen-bond donors (Lipinski definition) is 1. The number of allylic oxidation sites excluding steroid dienone is 4. The Balaban J connectivity index is 1.78. The molecular weight excluding hydrogens is 490 g/mol. The van der Waals surface area contributed by atoms with Crippen LogP contribution in [-0.4, -0.2) is 71.8 Å². The van der Waals surface area contributed by atoms with Gasteiger partial charge in [-0.3, -0.25) is 14.5 Å². The van der Waals surface area contributed by atoms with Gasteiger partial charge in [0.15, 0.2) is 0 Å². The monoisotopic (exact) mass is 539 g/mol. The molecule has 2 saturated heterocycles. The summed E-state index contributed by atoms with van der Waals surface area (Å²) in [6, 6.07) is -0.226. The highest BCUT2D eigenvalue weighted by atomic mass is 16.5. The molecule has 1 unspecified atom stereocenters. The molecule has 2 amide bonds. The molecule has 2 fully saturated rings. The lowest BCUT2D eigenvalue weighted by Gasteiger charge is -2.27. The molecule has 216 valence electrons. The van der Waals surface area contributed by atoms with Crippen LogP contribution in [0.4, 0.5) is 0 Å². The Morgan fingerprint density at radius 1 is 1.15 bits per heavy atom. The Labute approximate surface area is 235 Å². The van der Waals surface area contributed by atoms with Crippen molar-refractivity contribution in [2.45, 2.75) is 85.6 Å². The van der Waals surface area contributed by atoms with Crippen molar-refractivity contribution in [3.8, 4) is 0 Å². The maximum Gasteiger partial charge on any atom is 0.267 e. The molecule has 0 aromatic carbocycles. The van der Waals surface area contributed by atoms with Gasteiger partial charge in [-0.05, 0) is 65.5 Å². The lowest BCUT2D eigenvalue weighted by molar-refractivity contribution is -0.127. The van der Waals surface area contributed by atoms with E-state index < -0.39 is 0 Å². The van der Waals surface area contributed by atoms with E-state index in [2.05, 4.69) is 59.1 Å². The number of ether oxygens (including phenoxy) is 1. The van der Waals surface area contributed by atoms with Gasteiger partial charge in [0.05, 0.1) is 18.1 Å². The highest BCUT2D eigenvalue weighted by molar-refractivity contribution is 6.38. The van der Waals surface area contributed by atoms with Gasteiger partial charge in [0.2, 0.25) is 5.91 Å². The summed E-state index contributed by atoms with van der Waals surface area (Å²) in [6.07, 6.45) is 16.4. The summed E-state index contributed by atoms with van der Waals surface area (Å²) in [6.45, 7) is 18.1. The van der Waals surface area contributed by atoms with Crippen LogP contribution in [0, 0.1) is 5.92 Å². The molecule has 0 saturated carbocycles. The molecule has 0 aromatic heterocycles. The summed E-state index contributed by atoms with van der Waals surface area (Å²) in [4.78, 5) is 29.5. The maximum atomic E-state index is 12.6. The van der Waals surface area contributed by atoms with Gasteiger partial charge in [0.1, 0.15) is 5.71 Å². The van der Waals surface area contributed by atoms with Crippen LogP contribution in [0.5, 0.6) is 0 Å². The van der Waals surface area contributed by atoms with Gasteiger partial charge >= 0.3 is 0 Å². The second-order valence-corrected chi connectivity index (χ2v) is 10.9. The zero-order chi connectivity index (χ0) is 28.6. The van der Waals surface area contributed by atoms with Crippen LogP contribution in [0.25, 0.3) is 0 Å². The molecular formula is C31H49N5O3. The normalized spacial score (nSPS) is 20.1. The zero-order valence-corrected chi connectivity index (χ0v) is 24.7. The standard InChI is InChI=1S/C31H49N5O3/c1-7-19-39-26(5)15-14-25(4)33-34-27(6)31(38)32-29-21-30(37)36(23-29)18-12-9-13-28(20-24(2)3)22-35-16-10-8-11-17-35/h7,9,12,19-20,24,29H,5,8,10-11,13-18,21-23H2,1-4,6H3,(H,32,38)/b12-9-,19-7-,28-20+,33-25+,34-27+. The van der Waals surface area contributed by atoms with E-state index in [1.165, 1.54) is 37.9 Å². The maximum absolute atomic E-state index is 12.6. The highest BCUT2D eigenvalue weighted by Gasteiger charge is 2.30. The number of carbonyl (C=O) groups excluding carboxylic acids is 2. The molecule has 0 bridgehead atoms. The average molecular weight is 540 g/mol. The van der Waals surface area contributed by atoms with Crippen molar-refractivity contribution in [1.29, 1.82) is 0 Å². The summed E-state index contributed by atoms with van der Waals surface area (Å²) in [5.41, 5.74) is 2.49. The summed E-state index contributed by atoms with van der Waals surface area (Å²) in [7, 11) is 0.